The van der Waals surface area contributed by atoms with Crippen LogP contribution in [0.25, 0.3) is 6.08 Å². The molecule has 0 N–H and O–H groups in total. The molecular formula is C16H14BrNO2S. The van der Waals surface area contributed by atoms with Crippen molar-refractivity contribution in [1.82, 2.24) is 0 Å². The van der Waals surface area contributed by atoms with Gasteiger partial charge in [0.2, 0.25) is 0 Å². The lowest BCUT2D eigenvalue weighted by molar-refractivity contribution is 0.592. The normalized spacial score (nSPS) is 14.1. The third-order valence-corrected chi connectivity index (χ3v) is 5.72. The Morgan fingerprint density at radius 1 is 1.10 bits per heavy atom. The molecule has 1 aliphatic heterocycles. The van der Waals surface area contributed by atoms with Crippen molar-refractivity contribution in [2.75, 3.05) is 10.8 Å². The Hall–Kier alpha value is -1.59. The number of benzene rings is 2. The number of sulfonamides is 1. The predicted molar refractivity (Wildman–Crippen MR) is 88.9 cm³/mol. The maximum Gasteiger partial charge on any atom is 0.264 e. The summed E-state index contributed by atoms with van der Waals surface area (Å²) in [6, 6.07) is 12.5. The van der Waals surface area contributed by atoms with E-state index in [1.807, 2.05) is 49.4 Å². The van der Waals surface area contributed by atoms with Crippen LogP contribution in [0.5, 0.6) is 0 Å². The van der Waals surface area contributed by atoms with E-state index in [-0.39, 0.29) is 0 Å². The summed E-state index contributed by atoms with van der Waals surface area (Å²) in [5.74, 6) is 0. The van der Waals surface area contributed by atoms with E-state index in [1.54, 1.807) is 12.1 Å². The molecule has 0 saturated carbocycles. The Labute approximate surface area is 133 Å². The van der Waals surface area contributed by atoms with Crippen molar-refractivity contribution >= 4 is 37.7 Å². The van der Waals surface area contributed by atoms with Crippen LogP contribution in [0.15, 0.2) is 57.9 Å². The predicted octanol–water partition coefficient (Wildman–Crippen LogP) is 3.98. The highest BCUT2D eigenvalue weighted by atomic mass is 79.9. The summed E-state index contributed by atoms with van der Waals surface area (Å²) in [4.78, 5) is 0.317. The number of fused-ring (bicyclic) bond motifs is 1. The van der Waals surface area contributed by atoms with Gasteiger partial charge in [0.05, 0.1) is 17.1 Å². The molecule has 1 heterocycles. The maximum atomic E-state index is 12.8. The van der Waals surface area contributed by atoms with Gasteiger partial charge in [-0.25, -0.2) is 8.42 Å². The molecule has 0 radical (unpaired) electrons. The van der Waals surface area contributed by atoms with E-state index in [1.165, 1.54) is 4.31 Å². The molecule has 0 aromatic heterocycles. The monoisotopic (exact) mass is 363 g/mol. The van der Waals surface area contributed by atoms with Crippen molar-refractivity contribution in [1.29, 1.82) is 0 Å². The topological polar surface area (TPSA) is 37.4 Å². The molecule has 5 heteroatoms. The summed E-state index contributed by atoms with van der Waals surface area (Å²) < 4.78 is 28.0. The van der Waals surface area contributed by atoms with E-state index in [0.717, 1.165) is 15.6 Å². The fraction of sp³-hybridized carbons (Fsp3) is 0.125. The molecule has 108 valence electrons. The van der Waals surface area contributed by atoms with Gasteiger partial charge in [-0.15, -0.1) is 0 Å². The second kappa shape index (κ2) is 5.31. The molecule has 3 nitrogen and oxygen atoms in total. The first kappa shape index (κ1) is 14.4. The van der Waals surface area contributed by atoms with Crippen molar-refractivity contribution in [3.63, 3.8) is 0 Å². The van der Waals surface area contributed by atoms with Gasteiger partial charge in [-0.05, 0) is 42.8 Å². The van der Waals surface area contributed by atoms with Crippen LogP contribution in [-0.4, -0.2) is 15.0 Å². The van der Waals surface area contributed by atoms with Crippen LogP contribution in [0.3, 0.4) is 0 Å². The molecule has 2 aromatic rings. The average Bonchev–Trinajstić information content (AvgIpc) is 2.46. The van der Waals surface area contributed by atoms with Gasteiger partial charge in [-0.2, -0.15) is 0 Å². The van der Waals surface area contributed by atoms with Crippen LogP contribution in [0.1, 0.15) is 11.1 Å². The molecule has 0 bridgehead atoms. The maximum absolute atomic E-state index is 12.8. The smallest absolute Gasteiger partial charge is 0.262 e. The highest BCUT2D eigenvalue weighted by Crippen LogP contribution is 2.32. The van der Waals surface area contributed by atoms with Crippen LogP contribution < -0.4 is 4.31 Å². The molecule has 0 spiro atoms. The summed E-state index contributed by atoms with van der Waals surface area (Å²) >= 11 is 3.41. The summed E-state index contributed by atoms with van der Waals surface area (Å²) in [5.41, 5.74) is 2.64. The summed E-state index contributed by atoms with van der Waals surface area (Å²) in [5, 5.41) is 0. The minimum Gasteiger partial charge on any atom is -0.262 e. The van der Waals surface area contributed by atoms with E-state index >= 15 is 0 Å². The molecule has 0 saturated heterocycles. The SMILES string of the molecule is Cc1ccc(S(=O)(=O)N2CC=Cc3cc(Br)ccc32)cc1. The Morgan fingerprint density at radius 3 is 2.52 bits per heavy atom. The molecule has 0 aliphatic carbocycles. The standard InChI is InChI=1S/C16H14BrNO2S/c1-12-4-7-15(8-5-12)21(19,20)18-10-2-3-13-11-14(17)6-9-16(13)18/h2-9,11H,10H2,1H3. The fourth-order valence-corrected chi connectivity index (χ4v) is 4.15. The van der Waals surface area contributed by atoms with Crippen LogP contribution in [0.2, 0.25) is 0 Å². The van der Waals surface area contributed by atoms with E-state index < -0.39 is 10.0 Å². The first-order valence-corrected chi connectivity index (χ1v) is 8.77. The molecule has 0 atom stereocenters. The second-order valence-corrected chi connectivity index (χ2v) is 7.73. The van der Waals surface area contributed by atoms with Crippen LogP contribution in [0, 0.1) is 6.92 Å². The van der Waals surface area contributed by atoms with Gasteiger partial charge >= 0.3 is 0 Å². The van der Waals surface area contributed by atoms with Crippen molar-refractivity contribution in [2.45, 2.75) is 11.8 Å². The molecule has 0 amide bonds. The van der Waals surface area contributed by atoms with Crippen LogP contribution in [0.4, 0.5) is 5.69 Å². The largest absolute Gasteiger partial charge is 0.264 e. The zero-order valence-corrected chi connectivity index (χ0v) is 13.9. The lowest BCUT2D eigenvalue weighted by atomic mass is 10.1. The molecule has 0 fully saturated rings. The molecule has 3 rings (SSSR count). The molecular weight excluding hydrogens is 350 g/mol. The third kappa shape index (κ3) is 2.63. The van der Waals surface area contributed by atoms with Gasteiger partial charge in [0.25, 0.3) is 10.0 Å². The highest BCUT2D eigenvalue weighted by Gasteiger charge is 2.27. The van der Waals surface area contributed by atoms with Crippen molar-refractivity contribution in [3.8, 4) is 0 Å². The van der Waals surface area contributed by atoms with Crippen molar-refractivity contribution < 1.29 is 8.42 Å². The lowest BCUT2D eigenvalue weighted by Crippen LogP contribution is -2.33. The third-order valence-electron chi connectivity index (χ3n) is 3.44. The number of hydrogen-bond acceptors (Lipinski definition) is 2. The highest BCUT2D eigenvalue weighted by molar-refractivity contribution is 9.10. The van der Waals surface area contributed by atoms with Crippen LogP contribution >= 0.6 is 15.9 Å². The number of anilines is 1. The Bertz CT molecular complexity index is 811. The first-order chi connectivity index (χ1) is 9.98. The number of halogens is 1. The van der Waals surface area contributed by atoms with E-state index in [9.17, 15) is 8.42 Å². The first-order valence-electron chi connectivity index (χ1n) is 6.54. The fourth-order valence-electron chi connectivity index (χ4n) is 2.32. The Balaban J connectivity index is 2.09. The van der Waals surface area contributed by atoms with Gasteiger partial charge in [0.1, 0.15) is 0 Å². The van der Waals surface area contributed by atoms with Crippen molar-refractivity contribution in [2.24, 2.45) is 0 Å². The van der Waals surface area contributed by atoms with Gasteiger partial charge in [-0.1, -0.05) is 45.8 Å². The molecule has 1 aliphatic rings. The van der Waals surface area contributed by atoms with Crippen LogP contribution in [-0.2, 0) is 10.0 Å². The molecule has 0 unspecified atom stereocenters. The van der Waals surface area contributed by atoms with Gasteiger partial charge in [0, 0.05) is 4.47 Å². The Kier molecular flexibility index (Phi) is 3.63. The Morgan fingerprint density at radius 2 is 1.81 bits per heavy atom. The zero-order chi connectivity index (χ0) is 15.0. The van der Waals surface area contributed by atoms with E-state index in [2.05, 4.69) is 15.9 Å². The minimum absolute atomic E-state index is 0.317. The number of aryl methyl sites for hydroxylation is 1. The number of nitrogens with zero attached hydrogens (tertiary/aromatic N) is 1. The van der Waals surface area contributed by atoms with Gasteiger partial charge < -0.3 is 0 Å². The molecule has 2 aromatic carbocycles. The van der Waals surface area contributed by atoms with Gasteiger partial charge in [0.15, 0.2) is 0 Å². The number of rotatable bonds is 2. The summed E-state index contributed by atoms with van der Waals surface area (Å²) in [6.07, 6.45) is 3.81. The quantitative estimate of drug-likeness (QED) is 0.808. The summed E-state index contributed by atoms with van der Waals surface area (Å²) in [7, 11) is -3.54. The average molecular weight is 364 g/mol. The lowest BCUT2D eigenvalue weighted by Gasteiger charge is -2.27. The minimum atomic E-state index is -3.54. The second-order valence-electron chi connectivity index (χ2n) is 4.95. The zero-order valence-electron chi connectivity index (χ0n) is 11.5. The van der Waals surface area contributed by atoms with E-state index in [4.69, 9.17) is 0 Å². The molecule has 21 heavy (non-hydrogen) atoms. The summed E-state index contributed by atoms with van der Waals surface area (Å²) in [6.45, 7) is 2.29. The number of hydrogen-bond donors (Lipinski definition) is 0. The van der Waals surface area contributed by atoms with Crippen molar-refractivity contribution in [3.05, 3.63) is 64.1 Å². The van der Waals surface area contributed by atoms with Gasteiger partial charge in [-0.3, -0.25) is 4.31 Å². The van der Waals surface area contributed by atoms with E-state index in [0.29, 0.717) is 17.1 Å².